The molecule has 0 atom stereocenters. The third-order valence-electron chi connectivity index (χ3n) is 1.30. The van der Waals surface area contributed by atoms with E-state index in [4.69, 9.17) is 5.26 Å². The summed E-state index contributed by atoms with van der Waals surface area (Å²) < 4.78 is 4.52. The highest BCUT2D eigenvalue weighted by Gasteiger charge is 2.07. The summed E-state index contributed by atoms with van der Waals surface area (Å²) in [4.78, 5) is 12.4. The Morgan fingerprint density at radius 2 is 2.50 bits per heavy atom. The molecule has 0 bridgehead atoms. The van der Waals surface area contributed by atoms with E-state index in [0.29, 0.717) is 11.3 Å². The molecule has 0 radical (unpaired) electrons. The molecule has 0 saturated heterocycles. The maximum Gasteiger partial charge on any atom is 0.348 e. The molecule has 62 valence electrons. The van der Waals surface area contributed by atoms with Gasteiger partial charge in [0.25, 0.3) is 0 Å². The molecular weight excluding hydrogens is 174 g/mol. The predicted octanol–water partition coefficient (Wildman–Crippen LogP) is 1.60. The van der Waals surface area contributed by atoms with Crippen LogP contribution in [0.1, 0.15) is 14.5 Å². The summed E-state index contributed by atoms with van der Waals surface area (Å²) in [6.07, 6.45) is 0.349. The fraction of sp³-hybridized carbons (Fsp3) is 0.250. The molecule has 0 N–H and O–H groups in total. The van der Waals surface area contributed by atoms with Crippen LogP contribution in [0.4, 0.5) is 0 Å². The van der Waals surface area contributed by atoms with Crippen LogP contribution in [0.2, 0.25) is 0 Å². The smallest absolute Gasteiger partial charge is 0.348 e. The summed E-state index contributed by atoms with van der Waals surface area (Å²) in [7, 11) is 1.34. The number of thiophene rings is 1. The molecule has 0 aliphatic carbocycles. The lowest BCUT2D eigenvalue weighted by atomic mass is 10.3. The van der Waals surface area contributed by atoms with Crippen LogP contribution in [0.5, 0.6) is 0 Å². The van der Waals surface area contributed by atoms with Crippen LogP contribution in [-0.2, 0) is 11.2 Å². The number of hydrogen-bond donors (Lipinski definition) is 0. The van der Waals surface area contributed by atoms with Crippen molar-refractivity contribution in [3.63, 3.8) is 0 Å². The van der Waals surface area contributed by atoms with Gasteiger partial charge in [-0.1, -0.05) is 0 Å². The van der Waals surface area contributed by atoms with Crippen molar-refractivity contribution in [3.05, 3.63) is 21.9 Å². The van der Waals surface area contributed by atoms with Crippen molar-refractivity contribution in [2.45, 2.75) is 6.42 Å². The van der Waals surface area contributed by atoms with E-state index in [-0.39, 0.29) is 5.97 Å². The number of nitriles is 1. The minimum Gasteiger partial charge on any atom is -0.465 e. The van der Waals surface area contributed by atoms with Crippen LogP contribution in [-0.4, -0.2) is 13.1 Å². The summed E-state index contributed by atoms with van der Waals surface area (Å²) >= 11 is 1.29. The van der Waals surface area contributed by atoms with E-state index in [1.807, 2.05) is 6.07 Å². The second kappa shape index (κ2) is 3.88. The number of hydrogen-bond acceptors (Lipinski definition) is 4. The topological polar surface area (TPSA) is 50.1 Å². The molecule has 1 rings (SSSR count). The van der Waals surface area contributed by atoms with E-state index in [1.165, 1.54) is 18.4 Å². The quantitative estimate of drug-likeness (QED) is 0.651. The highest BCUT2D eigenvalue weighted by molar-refractivity contribution is 7.13. The molecule has 0 fully saturated rings. The number of carbonyl (C=O) groups excluding carboxylic acids is 1. The average Bonchev–Trinajstić information content (AvgIpc) is 2.52. The highest BCUT2D eigenvalue weighted by Crippen LogP contribution is 2.17. The molecule has 1 aromatic rings. The molecule has 0 unspecified atom stereocenters. The van der Waals surface area contributed by atoms with Crippen LogP contribution in [0.15, 0.2) is 12.1 Å². The first-order valence-corrected chi connectivity index (χ1v) is 4.13. The van der Waals surface area contributed by atoms with Crippen molar-refractivity contribution < 1.29 is 9.53 Å². The molecule has 3 nitrogen and oxygen atoms in total. The van der Waals surface area contributed by atoms with Gasteiger partial charge in [0.2, 0.25) is 0 Å². The van der Waals surface area contributed by atoms with Crippen molar-refractivity contribution in [3.8, 4) is 6.07 Å². The van der Waals surface area contributed by atoms with Crippen LogP contribution in [0, 0.1) is 11.3 Å². The van der Waals surface area contributed by atoms with Gasteiger partial charge < -0.3 is 4.74 Å². The summed E-state index contributed by atoms with van der Waals surface area (Å²) in [5.41, 5.74) is 0. The van der Waals surface area contributed by atoms with Crippen molar-refractivity contribution in [2.75, 3.05) is 7.11 Å². The Morgan fingerprint density at radius 1 is 1.75 bits per heavy atom. The third kappa shape index (κ3) is 1.83. The molecule has 0 amide bonds. The van der Waals surface area contributed by atoms with Gasteiger partial charge in [-0.05, 0) is 12.1 Å². The van der Waals surface area contributed by atoms with Crippen LogP contribution in [0.25, 0.3) is 0 Å². The summed E-state index contributed by atoms with van der Waals surface area (Å²) in [6.45, 7) is 0. The van der Waals surface area contributed by atoms with E-state index >= 15 is 0 Å². The lowest BCUT2D eigenvalue weighted by Crippen LogP contribution is -1.96. The second-order valence-electron chi connectivity index (χ2n) is 2.09. The van der Waals surface area contributed by atoms with E-state index in [9.17, 15) is 4.79 Å². The average molecular weight is 181 g/mol. The second-order valence-corrected chi connectivity index (χ2v) is 3.26. The minimum absolute atomic E-state index is 0.343. The summed E-state index contributed by atoms with van der Waals surface area (Å²) in [5.74, 6) is -0.343. The lowest BCUT2D eigenvalue weighted by Gasteiger charge is -1.91. The number of nitrogens with zero attached hydrogens (tertiary/aromatic N) is 1. The molecule has 0 aromatic carbocycles. The third-order valence-corrected chi connectivity index (χ3v) is 2.37. The fourth-order valence-corrected chi connectivity index (χ4v) is 1.62. The maximum atomic E-state index is 10.9. The van der Waals surface area contributed by atoms with Gasteiger partial charge in [0.1, 0.15) is 4.88 Å². The molecule has 1 heterocycles. The SMILES string of the molecule is COC(=O)c1ccc(CC#N)s1. The van der Waals surface area contributed by atoms with E-state index < -0.39 is 0 Å². The van der Waals surface area contributed by atoms with Crippen molar-refractivity contribution in [1.82, 2.24) is 0 Å². The molecule has 0 aliphatic rings. The van der Waals surface area contributed by atoms with Gasteiger partial charge in [-0.3, -0.25) is 0 Å². The zero-order chi connectivity index (χ0) is 8.97. The maximum absolute atomic E-state index is 10.9. The van der Waals surface area contributed by atoms with E-state index in [1.54, 1.807) is 12.1 Å². The number of carbonyl (C=O) groups is 1. The van der Waals surface area contributed by atoms with Crippen LogP contribution < -0.4 is 0 Å². The molecule has 0 aliphatic heterocycles. The molecule has 0 spiro atoms. The van der Waals surface area contributed by atoms with Crippen molar-refractivity contribution in [1.29, 1.82) is 5.26 Å². The largest absolute Gasteiger partial charge is 0.465 e. The minimum atomic E-state index is -0.343. The number of esters is 1. The number of rotatable bonds is 2. The standard InChI is InChI=1S/C8H7NO2S/c1-11-8(10)7-3-2-6(12-7)4-5-9/h2-3H,4H2,1H3. The molecule has 0 saturated carbocycles. The molecule has 4 heteroatoms. The van der Waals surface area contributed by atoms with Gasteiger partial charge >= 0.3 is 5.97 Å². The van der Waals surface area contributed by atoms with E-state index in [0.717, 1.165) is 4.88 Å². The van der Waals surface area contributed by atoms with Gasteiger partial charge in [0, 0.05) is 4.88 Å². The van der Waals surface area contributed by atoms with Crippen LogP contribution >= 0.6 is 11.3 Å². The Labute approximate surface area is 74.2 Å². The predicted molar refractivity (Wildman–Crippen MR) is 45.0 cm³/mol. The van der Waals surface area contributed by atoms with Gasteiger partial charge in [-0.15, -0.1) is 11.3 Å². The van der Waals surface area contributed by atoms with Crippen molar-refractivity contribution >= 4 is 17.3 Å². The number of methoxy groups -OCH3 is 1. The molecular formula is C8H7NO2S. The van der Waals surface area contributed by atoms with Gasteiger partial charge in [-0.2, -0.15) is 5.26 Å². The molecule has 1 aromatic heterocycles. The first-order valence-electron chi connectivity index (χ1n) is 3.32. The normalized spacial score (nSPS) is 9.00. The Morgan fingerprint density at radius 3 is 3.08 bits per heavy atom. The Balaban J connectivity index is 2.78. The van der Waals surface area contributed by atoms with Crippen LogP contribution in [0.3, 0.4) is 0 Å². The zero-order valence-electron chi connectivity index (χ0n) is 6.53. The van der Waals surface area contributed by atoms with Gasteiger partial charge in [-0.25, -0.2) is 4.79 Å². The summed E-state index contributed by atoms with van der Waals surface area (Å²) in [6, 6.07) is 5.45. The fourth-order valence-electron chi connectivity index (χ4n) is 0.761. The van der Waals surface area contributed by atoms with Gasteiger partial charge in [0.15, 0.2) is 0 Å². The zero-order valence-corrected chi connectivity index (χ0v) is 7.35. The van der Waals surface area contributed by atoms with Crippen molar-refractivity contribution in [2.24, 2.45) is 0 Å². The monoisotopic (exact) mass is 181 g/mol. The summed E-state index contributed by atoms with van der Waals surface area (Å²) in [5, 5.41) is 8.37. The Hall–Kier alpha value is -1.34. The lowest BCUT2D eigenvalue weighted by molar-refractivity contribution is 0.0606. The Kier molecular flexibility index (Phi) is 2.83. The molecule has 12 heavy (non-hydrogen) atoms. The van der Waals surface area contributed by atoms with Gasteiger partial charge in [0.05, 0.1) is 19.6 Å². The number of ether oxygens (including phenoxy) is 1. The highest BCUT2D eigenvalue weighted by atomic mass is 32.1. The van der Waals surface area contributed by atoms with E-state index in [2.05, 4.69) is 4.74 Å². The Bertz CT molecular complexity index is 324. The first-order chi connectivity index (χ1) is 5.77. The first kappa shape index (κ1) is 8.75.